The van der Waals surface area contributed by atoms with E-state index in [-0.39, 0.29) is 5.91 Å². The fourth-order valence-electron chi connectivity index (χ4n) is 3.66. The van der Waals surface area contributed by atoms with Gasteiger partial charge in [-0.3, -0.25) is 9.78 Å². The number of nitrogens with zero attached hydrogens (tertiary/aromatic N) is 2. The van der Waals surface area contributed by atoms with E-state index >= 15 is 0 Å². The number of amides is 1. The Balaban J connectivity index is 1.78. The van der Waals surface area contributed by atoms with Crippen molar-refractivity contribution in [1.82, 2.24) is 9.88 Å². The molecule has 0 spiro atoms. The number of carboxylic acid groups (broad SMARTS) is 1. The van der Waals surface area contributed by atoms with Crippen LogP contribution in [0.5, 0.6) is 0 Å². The molecular formula is C21H17FN2O3. The van der Waals surface area contributed by atoms with Crippen LogP contribution < -0.4 is 0 Å². The van der Waals surface area contributed by atoms with Crippen LogP contribution in [0.1, 0.15) is 33.2 Å². The number of benzene rings is 2. The number of pyridine rings is 1. The second kappa shape index (κ2) is 6.46. The van der Waals surface area contributed by atoms with Crippen molar-refractivity contribution in [2.75, 3.05) is 6.54 Å². The molecule has 1 atom stereocenters. The maximum atomic E-state index is 13.4. The van der Waals surface area contributed by atoms with Crippen molar-refractivity contribution < 1.29 is 19.1 Å². The zero-order chi connectivity index (χ0) is 19.1. The van der Waals surface area contributed by atoms with E-state index < -0.39 is 17.8 Å². The first-order valence-corrected chi connectivity index (χ1v) is 8.64. The van der Waals surface area contributed by atoms with Crippen molar-refractivity contribution in [3.05, 3.63) is 76.7 Å². The van der Waals surface area contributed by atoms with Gasteiger partial charge in [-0.2, -0.15) is 0 Å². The van der Waals surface area contributed by atoms with Crippen LogP contribution in [-0.4, -0.2) is 33.4 Å². The molecule has 0 saturated carbocycles. The Morgan fingerprint density at radius 3 is 2.74 bits per heavy atom. The highest BCUT2D eigenvalue weighted by Crippen LogP contribution is 2.32. The number of fused-ring (bicyclic) bond motifs is 2. The van der Waals surface area contributed by atoms with Crippen molar-refractivity contribution in [3.63, 3.8) is 0 Å². The maximum Gasteiger partial charge on any atom is 0.331 e. The van der Waals surface area contributed by atoms with E-state index in [0.717, 1.165) is 5.56 Å². The van der Waals surface area contributed by atoms with E-state index in [1.54, 1.807) is 31.2 Å². The molecule has 5 nitrogen and oxygen atoms in total. The van der Waals surface area contributed by atoms with Gasteiger partial charge in [-0.05, 0) is 42.7 Å². The number of hydrogen-bond acceptors (Lipinski definition) is 3. The molecule has 1 aromatic heterocycles. The van der Waals surface area contributed by atoms with Gasteiger partial charge in [-0.25, -0.2) is 9.18 Å². The van der Waals surface area contributed by atoms with Gasteiger partial charge >= 0.3 is 5.97 Å². The van der Waals surface area contributed by atoms with Gasteiger partial charge in [0.15, 0.2) is 6.04 Å². The number of rotatable bonds is 2. The molecule has 2 aromatic carbocycles. The summed E-state index contributed by atoms with van der Waals surface area (Å²) in [4.78, 5) is 30.9. The molecule has 0 radical (unpaired) electrons. The number of hydrogen-bond donors (Lipinski definition) is 1. The van der Waals surface area contributed by atoms with Crippen molar-refractivity contribution in [2.24, 2.45) is 0 Å². The Bertz CT molecular complexity index is 1080. The largest absolute Gasteiger partial charge is 0.479 e. The smallest absolute Gasteiger partial charge is 0.331 e. The number of carboxylic acids is 1. The van der Waals surface area contributed by atoms with Crippen LogP contribution in [0, 0.1) is 12.7 Å². The SMILES string of the molecule is Cc1nc2cc(F)ccc2cc1C(=O)N1CCc2ccccc2C1C(=O)O. The normalized spacial score (nSPS) is 16.2. The third-order valence-corrected chi connectivity index (χ3v) is 4.98. The first-order valence-electron chi connectivity index (χ1n) is 8.64. The van der Waals surface area contributed by atoms with Gasteiger partial charge in [-0.15, -0.1) is 0 Å². The molecule has 0 aliphatic carbocycles. The Morgan fingerprint density at radius 1 is 1.19 bits per heavy atom. The maximum absolute atomic E-state index is 13.4. The molecule has 2 heterocycles. The molecule has 1 amide bonds. The molecule has 1 unspecified atom stereocenters. The van der Waals surface area contributed by atoms with E-state index in [4.69, 9.17) is 0 Å². The van der Waals surface area contributed by atoms with Crippen molar-refractivity contribution in [2.45, 2.75) is 19.4 Å². The number of aliphatic carboxylic acids is 1. The number of aryl methyl sites for hydroxylation is 1. The van der Waals surface area contributed by atoms with Crippen LogP contribution in [0.15, 0.2) is 48.5 Å². The summed E-state index contributed by atoms with van der Waals surface area (Å²) in [5, 5.41) is 10.4. The minimum Gasteiger partial charge on any atom is -0.479 e. The number of halogens is 1. The standard InChI is InChI=1S/C21H17FN2O3/c1-12-17(10-14-6-7-15(22)11-18(14)23-12)20(25)24-9-8-13-4-2-3-5-16(13)19(24)21(26)27/h2-7,10-11,19H,8-9H2,1H3,(H,26,27). The topological polar surface area (TPSA) is 70.5 Å². The van der Waals surface area contributed by atoms with E-state index in [9.17, 15) is 19.1 Å². The van der Waals surface area contributed by atoms with Crippen LogP contribution in [0.2, 0.25) is 0 Å². The lowest BCUT2D eigenvalue weighted by Crippen LogP contribution is -2.43. The summed E-state index contributed by atoms with van der Waals surface area (Å²) in [6.07, 6.45) is 0.594. The van der Waals surface area contributed by atoms with Gasteiger partial charge in [-0.1, -0.05) is 24.3 Å². The predicted octanol–water partition coefficient (Wildman–Crippen LogP) is 3.51. The fraction of sp³-hybridized carbons (Fsp3) is 0.190. The van der Waals surface area contributed by atoms with Crippen LogP contribution in [0.25, 0.3) is 10.9 Å². The van der Waals surface area contributed by atoms with Gasteiger partial charge in [0.2, 0.25) is 0 Å². The lowest BCUT2D eigenvalue weighted by molar-refractivity contribution is -0.143. The van der Waals surface area contributed by atoms with Crippen LogP contribution >= 0.6 is 0 Å². The Hall–Kier alpha value is -3.28. The van der Waals surface area contributed by atoms with Gasteiger partial charge in [0.05, 0.1) is 16.8 Å². The predicted molar refractivity (Wildman–Crippen MR) is 98.0 cm³/mol. The third kappa shape index (κ3) is 2.93. The first kappa shape index (κ1) is 17.1. The second-order valence-corrected chi connectivity index (χ2v) is 6.65. The molecule has 27 heavy (non-hydrogen) atoms. The van der Waals surface area contributed by atoms with Crippen molar-refractivity contribution >= 4 is 22.8 Å². The van der Waals surface area contributed by atoms with Crippen LogP contribution in [0.3, 0.4) is 0 Å². The van der Waals surface area contributed by atoms with Gasteiger partial charge in [0.25, 0.3) is 5.91 Å². The Morgan fingerprint density at radius 2 is 1.96 bits per heavy atom. The minimum absolute atomic E-state index is 0.313. The highest BCUT2D eigenvalue weighted by atomic mass is 19.1. The number of carbonyl (C=O) groups is 2. The number of aromatic nitrogens is 1. The lowest BCUT2D eigenvalue weighted by Gasteiger charge is -2.35. The summed E-state index contributed by atoms with van der Waals surface area (Å²) in [7, 11) is 0. The van der Waals surface area contributed by atoms with Crippen molar-refractivity contribution in [3.8, 4) is 0 Å². The molecule has 3 aromatic rings. The first-order chi connectivity index (χ1) is 13.0. The number of carbonyl (C=O) groups excluding carboxylic acids is 1. The van der Waals surface area contributed by atoms with Crippen LogP contribution in [0.4, 0.5) is 4.39 Å². The summed E-state index contributed by atoms with van der Waals surface area (Å²) in [5.74, 6) is -1.84. The highest BCUT2D eigenvalue weighted by Gasteiger charge is 2.36. The zero-order valence-electron chi connectivity index (χ0n) is 14.6. The summed E-state index contributed by atoms with van der Waals surface area (Å²) in [6, 6.07) is 12.1. The molecule has 0 fully saturated rings. The molecule has 1 aliphatic rings. The third-order valence-electron chi connectivity index (χ3n) is 4.98. The second-order valence-electron chi connectivity index (χ2n) is 6.65. The molecule has 1 aliphatic heterocycles. The summed E-state index contributed by atoms with van der Waals surface area (Å²) < 4.78 is 13.4. The zero-order valence-corrected chi connectivity index (χ0v) is 14.6. The van der Waals surface area contributed by atoms with E-state index in [2.05, 4.69) is 4.98 Å². The minimum atomic E-state index is -1.07. The Kier molecular flexibility index (Phi) is 4.11. The van der Waals surface area contributed by atoms with Crippen molar-refractivity contribution in [1.29, 1.82) is 0 Å². The lowest BCUT2D eigenvalue weighted by atomic mass is 9.92. The summed E-state index contributed by atoms with van der Waals surface area (Å²) in [6.45, 7) is 1.99. The van der Waals surface area contributed by atoms with E-state index in [1.165, 1.54) is 17.0 Å². The van der Waals surface area contributed by atoms with E-state index in [0.29, 0.717) is 40.7 Å². The average molecular weight is 364 g/mol. The van der Waals surface area contributed by atoms with Crippen LogP contribution in [-0.2, 0) is 11.2 Å². The quantitative estimate of drug-likeness (QED) is 0.755. The van der Waals surface area contributed by atoms with Gasteiger partial charge < -0.3 is 10.0 Å². The highest BCUT2D eigenvalue weighted by molar-refractivity contribution is 6.00. The molecule has 0 saturated heterocycles. The molecule has 1 N–H and O–H groups in total. The fourth-order valence-corrected chi connectivity index (χ4v) is 3.66. The summed E-state index contributed by atoms with van der Waals surface area (Å²) >= 11 is 0. The Labute approximate surface area is 155 Å². The molecule has 6 heteroatoms. The molecule has 0 bridgehead atoms. The monoisotopic (exact) mass is 364 g/mol. The molecular weight excluding hydrogens is 347 g/mol. The van der Waals surface area contributed by atoms with Gasteiger partial charge in [0.1, 0.15) is 5.82 Å². The van der Waals surface area contributed by atoms with E-state index in [1.807, 2.05) is 12.1 Å². The molecule has 136 valence electrons. The summed E-state index contributed by atoms with van der Waals surface area (Å²) in [5.41, 5.74) is 2.82. The average Bonchev–Trinajstić information content (AvgIpc) is 2.65. The van der Waals surface area contributed by atoms with Gasteiger partial charge in [0, 0.05) is 18.0 Å². The molecule has 4 rings (SSSR count).